The van der Waals surface area contributed by atoms with Crippen molar-refractivity contribution < 1.29 is 33.4 Å². The van der Waals surface area contributed by atoms with Gasteiger partial charge in [-0.05, 0) is 62.6 Å². The first kappa shape index (κ1) is 31.3. The van der Waals surface area contributed by atoms with Gasteiger partial charge in [-0.15, -0.1) is 10.2 Å². The number of hydrogen-bond donors (Lipinski definition) is 0. The van der Waals surface area contributed by atoms with E-state index >= 15 is 0 Å². The average molecular weight is 658 g/mol. The molecule has 6 aromatic rings. The summed E-state index contributed by atoms with van der Waals surface area (Å²) in [6.07, 6.45) is 7.06. The standard InChI is InChI=1S/C35H32N3S2.ClHO4/c1-4-36-28(20-22-33-38(6-3)35-25-14-8-7-13-24(25)19-21-32(35)40-33)26-15-9-10-16-27(26)30(36)23-34-37(5-2)29-17-11-12-18-31(29)39-34;2-1(3,4)5/h7-23H,4-6H2,1-3H3;(H,2,3,4,5)/q+1;/p-1. The van der Waals surface area contributed by atoms with E-state index in [-0.39, 0.29) is 0 Å². The number of hydrogen-bond acceptors (Lipinski definition) is 7. The van der Waals surface area contributed by atoms with Crippen LogP contribution in [-0.2, 0) is 13.1 Å². The van der Waals surface area contributed by atoms with E-state index in [1.165, 1.54) is 63.8 Å². The highest BCUT2D eigenvalue weighted by Crippen LogP contribution is 2.47. The van der Waals surface area contributed by atoms with Crippen LogP contribution in [0.5, 0.6) is 0 Å². The minimum atomic E-state index is -4.94. The molecule has 0 saturated carbocycles. The van der Waals surface area contributed by atoms with Crippen molar-refractivity contribution in [2.45, 2.75) is 38.8 Å². The smallest absolute Gasteiger partial charge is 0.262 e. The number of para-hydroxylation sites is 1. The molecule has 230 valence electrons. The molecule has 7 rings (SSSR count). The third-order valence-electron chi connectivity index (χ3n) is 7.90. The SMILES string of the molecule is CCN1C(=Cc2c3ccccc3c(C=Cc3sc4ccc5ccccc5c4[n+]3CC)n2CC)Sc2ccccc21.[O-][Cl+3]([O-])([O-])[O-]. The Morgan fingerprint density at radius 3 is 2.07 bits per heavy atom. The molecule has 1 aliphatic rings. The predicted molar refractivity (Wildman–Crippen MR) is 175 cm³/mol. The first-order valence-corrected chi connectivity index (χ1v) is 17.6. The van der Waals surface area contributed by atoms with Gasteiger partial charge in [-0.25, -0.2) is 18.6 Å². The van der Waals surface area contributed by atoms with Gasteiger partial charge in [0.2, 0.25) is 5.52 Å². The first-order chi connectivity index (χ1) is 21.7. The van der Waals surface area contributed by atoms with Crippen molar-refractivity contribution in [2.75, 3.05) is 11.4 Å². The number of fused-ring (bicyclic) bond motifs is 5. The van der Waals surface area contributed by atoms with Gasteiger partial charge in [0, 0.05) is 40.5 Å². The largest absolute Gasteiger partial charge is 0.341 e. The van der Waals surface area contributed by atoms with Crippen molar-refractivity contribution in [1.29, 1.82) is 0 Å². The molecule has 0 N–H and O–H groups in total. The van der Waals surface area contributed by atoms with Gasteiger partial charge in [-0.1, -0.05) is 83.8 Å². The van der Waals surface area contributed by atoms with E-state index in [9.17, 15) is 0 Å². The Labute approximate surface area is 272 Å². The van der Waals surface area contributed by atoms with Crippen molar-refractivity contribution in [3.63, 3.8) is 0 Å². The summed E-state index contributed by atoms with van der Waals surface area (Å²) in [5, 5.41) is 7.78. The molecule has 7 nitrogen and oxygen atoms in total. The van der Waals surface area contributed by atoms with Gasteiger partial charge < -0.3 is 9.47 Å². The van der Waals surface area contributed by atoms with Gasteiger partial charge in [-0.2, -0.15) is 4.57 Å². The van der Waals surface area contributed by atoms with Crippen molar-refractivity contribution in [1.82, 2.24) is 4.57 Å². The summed E-state index contributed by atoms with van der Waals surface area (Å²) < 4.78 is 40.2. The number of halogens is 1. The molecule has 1 aliphatic heterocycles. The zero-order valence-corrected chi connectivity index (χ0v) is 27.5. The van der Waals surface area contributed by atoms with E-state index in [4.69, 9.17) is 18.6 Å². The Morgan fingerprint density at radius 1 is 0.733 bits per heavy atom. The van der Waals surface area contributed by atoms with Crippen LogP contribution in [0, 0.1) is 10.2 Å². The van der Waals surface area contributed by atoms with Crippen LogP contribution in [0.1, 0.15) is 37.2 Å². The van der Waals surface area contributed by atoms with Gasteiger partial charge in [0.05, 0.1) is 21.8 Å². The lowest BCUT2D eigenvalue weighted by atomic mass is 10.1. The van der Waals surface area contributed by atoms with Gasteiger partial charge in [0.15, 0.2) is 0 Å². The fourth-order valence-corrected chi connectivity index (χ4v) is 8.40. The molecule has 0 radical (unpaired) electrons. The summed E-state index contributed by atoms with van der Waals surface area (Å²) in [6, 6.07) is 30.8. The lowest BCUT2D eigenvalue weighted by molar-refractivity contribution is -2.00. The Kier molecular flexibility index (Phi) is 9.03. The molecule has 10 heteroatoms. The molecule has 4 aromatic carbocycles. The molecule has 3 heterocycles. The molecule has 0 bridgehead atoms. The summed E-state index contributed by atoms with van der Waals surface area (Å²) in [5.41, 5.74) is 5.18. The minimum absolute atomic E-state index is 0.905. The second kappa shape index (κ2) is 13.0. The molecule has 2 aromatic heterocycles. The molecule has 0 amide bonds. The number of aromatic nitrogens is 2. The summed E-state index contributed by atoms with van der Waals surface area (Å²) in [7, 11) is -4.94. The molecule has 0 fully saturated rings. The van der Waals surface area contributed by atoms with E-state index in [0.29, 0.717) is 0 Å². The van der Waals surface area contributed by atoms with Gasteiger partial charge in [0.1, 0.15) is 11.2 Å². The molecule has 0 saturated heterocycles. The normalized spacial score (nSPS) is 14.2. The Balaban J connectivity index is 0.000000664. The second-order valence-electron chi connectivity index (χ2n) is 10.4. The quantitative estimate of drug-likeness (QED) is 0.241. The Hall–Kier alpha value is -3.67. The highest BCUT2D eigenvalue weighted by atomic mass is 35.7. The number of nitrogens with zero attached hydrogens (tertiary/aromatic N) is 3. The second-order valence-corrected chi connectivity index (χ2v) is 13.3. The lowest BCUT2D eigenvalue weighted by Gasteiger charge is -2.18. The summed E-state index contributed by atoms with van der Waals surface area (Å²) in [6.45, 7) is 9.53. The summed E-state index contributed by atoms with van der Waals surface area (Å²) in [5.74, 6) is 0. The zero-order chi connectivity index (χ0) is 31.7. The first-order valence-electron chi connectivity index (χ1n) is 14.7. The van der Waals surface area contributed by atoms with Crippen molar-refractivity contribution >= 4 is 78.8 Å². The third kappa shape index (κ3) is 6.25. The minimum Gasteiger partial charge on any atom is -0.341 e. The average Bonchev–Trinajstić information content (AvgIpc) is 3.67. The number of thioether (sulfide) groups is 1. The van der Waals surface area contributed by atoms with Crippen LogP contribution < -0.4 is 28.1 Å². The fraction of sp³-hybridized carbons (Fsp3) is 0.171. The van der Waals surface area contributed by atoms with E-state index in [1.54, 1.807) is 0 Å². The van der Waals surface area contributed by atoms with Crippen molar-refractivity contribution in [2.24, 2.45) is 0 Å². The fourth-order valence-electron chi connectivity index (χ4n) is 6.09. The van der Waals surface area contributed by atoms with Crippen LogP contribution in [0.15, 0.2) is 94.9 Å². The van der Waals surface area contributed by atoms with E-state index in [0.717, 1.165) is 19.6 Å². The number of aryl methyl sites for hydroxylation is 1. The van der Waals surface area contributed by atoms with Crippen LogP contribution >= 0.6 is 23.1 Å². The lowest BCUT2D eigenvalue weighted by Crippen LogP contribution is -2.68. The number of rotatable bonds is 6. The molecule has 0 spiro atoms. The van der Waals surface area contributed by atoms with E-state index in [2.05, 4.69) is 138 Å². The van der Waals surface area contributed by atoms with Gasteiger partial charge >= 0.3 is 0 Å². The monoisotopic (exact) mass is 657 g/mol. The Bertz CT molecular complexity index is 2070. The number of benzene rings is 4. The maximum absolute atomic E-state index is 8.49. The molecule has 45 heavy (non-hydrogen) atoms. The van der Waals surface area contributed by atoms with Gasteiger partial charge in [-0.3, -0.25) is 0 Å². The van der Waals surface area contributed by atoms with Crippen molar-refractivity contribution in [3.05, 3.63) is 106 Å². The van der Waals surface area contributed by atoms with E-state index < -0.39 is 10.2 Å². The van der Waals surface area contributed by atoms with Crippen LogP contribution in [0.4, 0.5) is 5.69 Å². The van der Waals surface area contributed by atoms with Crippen LogP contribution in [0.3, 0.4) is 0 Å². The molecular formula is C35H32ClN3O4S2. The summed E-state index contributed by atoms with van der Waals surface area (Å²) >= 11 is 3.75. The van der Waals surface area contributed by atoms with Crippen LogP contribution in [0.25, 0.3) is 50.0 Å². The van der Waals surface area contributed by atoms with Crippen LogP contribution in [0.2, 0.25) is 0 Å². The Morgan fingerprint density at radius 2 is 1.38 bits per heavy atom. The zero-order valence-electron chi connectivity index (χ0n) is 25.1. The maximum atomic E-state index is 8.49. The third-order valence-corrected chi connectivity index (χ3v) is 10.1. The highest BCUT2D eigenvalue weighted by Gasteiger charge is 2.25. The maximum Gasteiger partial charge on any atom is 0.262 e. The topological polar surface area (TPSA) is 104 Å². The number of thiazole rings is 1. The predicted octanol–water partition coefficient (Wildman–Crippen LogP) is 4.68. The highest BCUT2D eigenvalue weighted by molar-refractivity contribution is 8.03. The van der Waals surface area contributed by atoms with E-state index in [1.807, 2.05) is 23.1 Å². The number of anilines is 1. The summed E-state index contributed by atoms with van der Waals surface area (Å²) in [4.78, 5) is 3.76. The van der Waals surface area contributed by atoms with Gasteiger partial charge in [0.25, 0.3) is 5.01 Å². The molecular weight excluding hydrogens is 626 g/mol. The molecule has 0 atom stereocenters. The van der Waals surface area contributed by atoms with Crippen LogP contribution in [-0.4, -0.2) is 11.1 Å². The van der Waals surface area contributed by atoms with Crippen molar-refractivity contribution in [3.8, 4) is 0 Å². The molecule has 0 unspecified atom stereocenters. The molecule has 0 aliphatic carbocycles.